The topological polar surface area (TPSA) is 47.3 Å². The maximum atomic E-state index is 6.07. The van der Waals surface area contributed by atoms with Crippen molar-refractivity contribution in [2.24, 2.45) is 5.84 Å². The predicted octanol–water partition coefficient (Wildman–Crippen LogP) is 3.86. The highest BCUT2D eigenvalue weighted by Crippen LogP contribution is 2.30. The third kappa shape index (κ3) is 3.52. The number of para-hydroxylation sites is 1. The Hall–Kier alpha value is -1.07. The molecule has 1 unspecified atom stereocenters. The molecule has 106 valence electrons. The van der Waals surface area contributed by atoms with E-state index in [2.05, 4.69) is 21.4 Å². The molecule has 2 aromatic carbocycles. The number of hydrazine groups is 1. The Kier molecular flexibility index (Phi) is 5.43. The number of hydrogen-bond donors (Lipinski definition) is 2. The van der Waals surface area contributed by atoms with Crippen molar-refractivity contribution in [1.82, 2.24) is 5.43 Å². The highest BCUT2D eigenvalue weighted by Gasteiger charge is 2.16. The van der Waals surface area contributed by atoms with Crippen molar-refractivity contribution >= 4 is 27.5 Å². The summed E-state index contributed by atoms with van der Waals surface area (Å²) < 4.78 is 6.35. The average molecular weight is 356 g/mol. The number of ether oxygens (including phenoxy) is 1. The molecule has 0 aliphatic carbocycles. The maximum absolute atomic E-state index is 6.07. The molecule has 0 saturated heterocycles. The molecule has 0 saturated carbocycles. The fourth-order valence-electron chi connectivity index (χ4n) is 2.13. The Bertz CT molecular complexity index is 592. The SMILES string of the molecule is COc1ccccc1CC(NN)c1cc(Cl)ccc1Br. The van der Waals surface area contributed by atoms with Crippen LogP contribution in [0.4, 0.5) is 0 Å². The van der Waals surface area contributed by atoms with E-state index in [1.807, 2.05) is 42.5 Å². The first-order chi connectivity index (χ1) is 9.65. The lowest BCUT2D eigenvalue weighted by molar-refractivity contribution is 0.405. The lowest BCUT2D eigenvalue weighted by Crippen LogP contribution is -2.30. The number of methoxy groups -OCH3 is 1. The lowest BCUT2D eigenvalue weighted by atomic mass is 9.99. The first-order valence-electron chi connectivity index (χ1n) is 6.18. The van der Waals surface area contributed by atoms with Gasteiger partial charge in [-0.3, -0.25) is 11.3 Å². The summed E-state index contributed by atoms with van der Waals surface area (Å²) in [5.41, 5.74) is 4.95. The van der Waals surface area contributed by atoms with Gasteiger partial charge in [-0.25, -0.2) is 0 Å². The Morgan fingerprint density at radius 2 is 2.05 bits per heavy atom. The van der Waals surface area contributed by atoms with Crippen LogP contribution in [0.2, 0.25) is 5.02 Å². The van der Waals surface area contributed by atoms with E-state index in [0.717, 1.165) is 21.3 Å². The number of hydrogen-bond acceptors (Lipinski definition) is 3. The molecule has 0 aliphatic heterocycles. The molecule has 0 heterocycles. The van der Waals surface area contributed by atoms with Crippen molar-refractivity contribution in [2.45, 2.75) is 12.5 Å². The number of nitrogens with one attached hydrogen (secondary N) is 1. The van der Waals surface area contributed by atoms with Crippen molar-refractivity contribution in [1.29, 1.82) is 0 Å². The van der Waals surface area contributed by atoms with E-state index < -0.39 is 0 Å². The summed E-state index contributed by atoms with van der Waals surface area (Å²) >= 11 is 9.60. The fraction of sp³-hybridized carbons (Fsp3) is 0.200. The Labute approximate surface area is 132 Å². The first-order valence-corrected chi connectivity index (χ1v) is 7.35. The first kappa shape index (κ1) is 15.3. The molecule has 0 bridgehead atoms. The molecule has 20 heavy (non-hydrogen) atoms. The van der Waals surface area contributed by atoms with E-state index in [1.54, 1.807) is 7.11 Å². The van der Waals surface area contributed by atoms with Gasteiger partial charge < -0.3 is 4.74 Å². The predicted molar refractivity (Wildman–Crippen MR) is 85.9 cm³/mol. The standard InChI is InChI=1S/C15H16BrClN2O/c1-20-15-5-3-2-4-10(15)8-14(19-18)12-9-11(17)6-7-13(12)16/h2-7,9,14,19H,8,18H2,1H3. The van der Waals surface area contributed by atoms with E-state index in [4.69, 9.17) is 22.2 Å². The van der Waals surface area contributed by atoms with Gasteiger partial charge in [-0.1, -0.05) is 45.7 Å². The molecule has 0 aliphatic rings. The molecule has 2 aromatic rings. The molecule has 1 atom stereocenters. The van der Waals surface area contributed by atoms with Crippen molar-refractivity contribution < 1.29 is 4.74 Å². The zero-order valence-electron chi connectivity index (χ0n) is 11.1. The molecule has 5 heteroatoms. The number of rotatable bonds is 5. The summed E-state index contributed by atoms with van der Waals surface area (Å²) in [7, 11) is 1.67. The van der Waals surface area contributed by atoms with Crippen LogP contribution >= 0.6 is 27.5 Å². The molecule has 2 rings (SSSR count). The van der Waals surface area contributed by atoms with Crippen LogP contribution in [0.15, 0.2) is 46.9 Å². The van der Waals surface area contributed by atoms with Crippen LogP contribution in [0.3, 0.4) is 0 Å². The van der Waals surface area contributed by atoms with Crippen molar-refractivity contribution in [3.63, 3.8) is 0 Å². The van der Waals surface area contributed by atoms with Gasteiger partial charge in [0.1, 0.15) is 5.75 Å². The van der Waals surface area contributed by atoms with E-state index >= 15 is 0 Å². The molecule has 3 nitrogen and oxygen atoms in total. The van der Waals surface area contributed by atoms with Gasteiger partial charge in [0, 0.05) is 9.50 Å². The van der Waals surface area contributed by atoms with Gasteiger partial charge in [0.25, 0.3) is 0 Å². The minimum atomic E-state index is -0.0561. The summed E-state index contributed by atoms with van der Waals surface area (Å²) in [5.74, 6) is 6.56. The van der Waals surface area contributed by atoms with Crippen LogP contribution in [0.25, 0.3) is 0 Å². The second-order valence-corrected chi connectivity index (χ2v) is 5.69. The van der Waals surface area contributed by atoms with Gasteiger partial charge in [-0.05, 0) is 41.8 Å². The minimum absolute atomic E-state index is 0.0561. The molecule has 0 radical (unpaired) electrons. The lowest BCUT2D eigenvalue weighted by Gasteiger charge is -2.19. The maximum Gasteiger partial charge on any atom is 0.122 e. The Morgan fingerprint density at radius 1 is 1.30 bits per heavy atom. The number of nitrogens with two attached hydrogens (primary N) is 1. The molecular weight excluding hydrogens is 340 g/mol. The van der Waals surface area contributed by atoms with E-state index in [1.165, 1.54) is 0 Å². The molecule has 0 spiro atoms. The monoisotopic (exact) mass is 354 g/mol. The summed E-state index contributed by atoms with van der Waals surface area (Å²) in [5, 5.41) is 0.684. The van der Waals surface area contributed by atoms with Gasteiger partial charge in [0.05, 0.1) is 13.2 Å². The molecule has 3 N–H and O–H groups in total. The van der Waals surface area contributed by atoms with E-state index in [-0.39, 0.29) is 6.04 Å². The van der Waals surface area contributed by atoms with E-state index in [0.29, 0.717) is 11.4 Å². The Morgan fingerprint density at radius 3 is 2.75 bits per heavy atom. The average Bonchev–Trinajstić information content (AvgIpc) is 2.48. The van der Waals surface area contributed by atoms with Crippen molar-refractivity contribution in [3.05, 3.63) is 63.1 Å². The van der Waals surface area contributed by atoms with Crippen molar-refractivity contribution in [3.8, 4) is 5.75 Å². The highest BCUT2D eigenvalue weighted by atomic mass is 79.9. The van der Waals surface area contributed by atoms with Crippen LogP contribution in [-0.4, -0.2) is 7.11 Å². The normalized spacial score (nSPS) is 12.2. The van der Waals surface area contributed by atoms with Gasteiger partial charge in [0.2, 0.25) is 0 Å². The minimum Gasteiger partial charge on any atom is -0.496 e. The quantitative estimate of drug-likeness (QED) is 0.632. The third-order valence-electron chi connectivity index (χ3n) is 3.15. The summed E-state index contributed by atoms with van der Waals surface area (Å²) in [6.45, 7) is 0. The number of benzene rings is 2. The van der Waals surface area contributed by atoms with E-state index in [9.17, 15) is 0 Å². The highest BCUT2D eigenvalue weighted by molar-refractivity contribution is 9.10. The summed E-state index contributed by atoms with van der Waals surface area (Å²) in [4.78, 5) is 0. The van der Waals surface area contributed by atoms with Crippen molar-refractivity contribution in [2.75, 3.05) is 7.11 Å². The van der Waals surface area contributed by atoms with Crippen LogP contribution in [-0.2, 0) is 6.42 Å². The third-order valence-corrected chi connectivity index (χ3v) is 4.11. The summed E-state index contributed by atoms with van der Waals surface area (Å²) in [6, 6.07) is 13.5. The second-order valence-electron chi connectivity index (χ2n) is 4.40. The summed E-state index contributed by atoms with van der Waals surface area (Å²) in [6.07, 6.45) is 0.708. The molecule has 0 aromatic heterocycles. The van der Waals surface area contributed by atoms with Crippen LogP contribution in [0.5, 0.6) is 5.75 Å². The zero-order valence-corrected chi connectivity index (χ0v) is 13.4. The Balaban J connectivity index is 2.31. The molecule has 0 amide bonds. The van der Waals surface area contributed by atoms with Gasteiger partial charge in [-0.2, -0.15) is 0 Å². The largest absolute Gasteiger partial charge is 0.496 e. The zero-order chi connectivity index (χ0) is 14.5. The number of halogens is 2. The van der Waals surface area contributed by atoms with Crippen LogP contribution in [0.1, 0.15) is 17.2 Å². The van der Waals surface area contributed by atoms with Crippen LogP contribution < -0.4 is 16.0 Å². The van der Waals surface area contributed by atoms with Crippen LogP contribution in [0, 0.1) is 0 Å². The molecule has 0 fully saturated rings. The second kappa shape index (κ2) is 7.09. The van der Waals surface area contributed by atoms with Gasteiger partial charge in [-0.15, -0.1) is 0 Å². The van der Waals surface area contributed by atoms with Gasteiger partial charge in [0.15, 0.2) is 0 Å². The molecular formula is C15H16BrClN2O. The van der Waals surface area contributed by atoms with Gasteiger partial charge >= 0.3 is 0 Å². The smallest absolute Gasteiger partial charge is 0.122 e. The fourth-order valence-corrected chi connectivity index (χ4v) is 2.84.